The molecule has 0 aromatic carbocycles. The van der Waals surface area contributed by atoms with E-state index in [1.807, 2.05) is 4.68 Å². The van der Waals surface area contributed by atoms with E-state index in [-0.39, 0.29) is 5.91 Å². The lowest BCUT2D eigenvalue weighted by Gasteiger charge is -2.09. The second-order valence-corrected chi connectivity index (χ2v) is 7.07. The molecular weight excluding hydrogens is 360 g/mol. The first kappa shape index (κ1) is 19.8. The van der Waals surface area contributed by atoms with Gasteiger partial charge in [0.15, 0.2) is 10.8 Å². The molecule has 138 valence electrons. The van der Waals surface area contributed by atoms with Crippen molar-refractivity contribution in [2.75, 3.05) is 30.0 Å². The molecule has 0 saturated heterocycles. The van der Waals surface area contributed by atoms with E-state index in [4.69, 9.17) is 11.6 Å². The van der Waals surface area contributed by atoms with Gasteiger partial charge in [0.1, 0.15) is 5.82 Å². The molecule has 2 heterocycles. The third kappa shape index (κ3) is 5.74. The minimum absolute atomic E-state index is 0.0132. The molecule has 2 N–H and O–H groups in total. The average molecular weight is 385 g/mol. The van der Waals surface area contributed by atoms with E-state index in [1.54, 1.807) is 18.0 Å². The van der Waals surface area contributed by atoms with Crippen LogP contribution in [0, 0.1) is 0 Å². The first-order valence-corrected chi connectivity index (χ1v) is 10.1. The van der Waals surface area contributed by atoms with Gasteiger partial charge in [0.05, 0.1) is 18.1 Å². The highest BCUT2D eigenvalue weighted by atomic mass is 35.5. The van der Waals surface area contributed by atoms with Crippen molar-refractivity contribution >= 4 is 46.1 Å². The number of rotatable bonds is 11. The third-order valence-corrected chi connectivity index (χ3v) is 4.47. The van der Waals surface area contributed by atoms with Gasteiger partial charge in [-0.3, -0.25) is 4.79 Å². The first-order valence-electron chi connectivity index (χ1n) is 8.62. The molecule has 7 nitrogen and oxygen atoms in total. The summed E-state index contributed by atoms with van der Waals surface area (Å²) in [6.07, 6.45) is 3.94. The summed E-state index contributed by atoms with van der Waals surface area (Å²) >= 11 is 7.20. The molecule has 0 aliphatic heterocycles. The van der Waals surface area contributed by atoms with Crippen LogP contribution in [0.2, 0.25) is 0 Å². The number of carbonyl (C=O) groups is 1. The second kappa shape index (κ2) is 10.5. The van der Waals surface area contributed by atoms with Gasteiger partial charge >= 0.3 is 0 Å². The van der Waals surface area contributed by atoms with Crippen LogP contribution in [0.25, 0.3) is 11.0 Å². The predicted molar refractivity (Wildman–Crippen MR) is 103 cm³/mol. The molecule has 9 heteroatoms. The van der Waals surface area contributed by atoms with E-state index in [9.17, 15) is 4.79 Å². The molecule has 0 aliphatic rings. The Labute approximate surface area is 157 Å². The van der Waals surface area contributed by atoms with E-state index in [0.717, 1.165) is 40.7 Å². The van der Waals surface area contributed by atoms with Gasteiger partial charge in [-0.25, -0.2) is 14.6 Å². The van der Waals surface area contributed by atoms with Crippen molar-refractivity contribution in [1.82, 2.24) is 25.1 Å². The molecule has 0 bridgehead atoms. The number of thioether (sulfide) groups is 1. The number of aromatic nitrogens is 4. The van der Waals surface area contributed by atoms with Gasteiger partial charge in [-0.2, -0.15) is 5.10 Å². The Morgan fingerprint density at radius 2 is 2.16 bits per heavy atom. The zero-order valence-corrected chi connectivity index (χ0v) is 16.3. The minimum atomic E-state index is 0.0132. The first-order chi connectivity index (χ1) is 12.2. The van der Waals surface area contributed by atoms with Crippen molar-refractivity contribution in [3.8, 4) is 0 Å². The maximum atomic E-state index is 11.7. The molecule has 0 aliphatic carbocycles. The Bertz CT molecular complexity index is 693. The average Bonchev–Trinajstić information content (AvgIpc) is 3.01. The summed E-state index contributed by atoms with van der Waals surface area (Å²) in [7, 11) is 0. The lowest BCUT2D eigenvalue weighted by Crippen LogP contribution is -2.27. The topological polar surface area (TPSA) is 84.7 Å². The second-order valence-electron chi connectivity index (χ2n) is 5.46. The lowest BCUT2D eigenvalue weighted by atomic mass is 10.3. The molecule has 25 heavy (non-hydrogen) atoms. The third-order valence-electron chi connectivity index (χ3n) is 3.47. The van der Waals surface area contributed by atoms with Crippen molar-refractivity contribution in [1.29, 1.82) is 0 Å². The van der Waals surface area contributed by atoms with Crippen LogP contribution in [0.3, 0.4) is 0 Å². The Morgan fingerprint density at radius 3 is 2.88 bits per heavy atom. The molecule has 0 atom stereocenters. The fourth-order valence-corrected chi connectivity index (χ4v) is 2.99. The summed E-state index contributed by atoms with van der Waals surface area (Å²) in [5.41, 5.74) is 0.791. The highest BCUT2D eigenvalue weighted by molar-refractivity contribution is 7.99. The van der Waals surface area contributed by atoms with Crippen molar-refractivity contribution in [3.05, 3.63) is 6.20 Å². The largest absolute Gasteiger partial charge is 0.369 e. The van der Waals surface area contributed by atoms with Crippen LogP contribution in [-0.2, 0) is 11.3 Å². The molecule has 0 unspecified atom stereocenters. The van der Waals surface area contributed by atoms with Crippen LogP contribution in [0.4, 0.5) is 5.82 Å². The molecular formula is C16H25ClN6OS. The summed E-state index contributed by atoms with van der Waals surface area (Å²) in [6, 6.07) is 0. The van der Waals surface area contributed by atoms with E-state index in [2.05, 4.69) is 39.5 Å². The molecule has 0 saturated carbocycles. The Kier molecular flexibility index (Phi) is 8.27. The van der Waals surface area contributed by atoms with Gasteiger partial charge in [-0.1, -0.05) is 25.6 Å². The van der Waals surface area contributed by atoms with Crippen molar-refractivity contribution in [3.63, 3.8) is 0 Å². The summed E-state index contributed by atoms with van der Waals surface area (Å²) in [6.45, 7) is 6.12. The quantitative estimate of drug-likeness (QED) is 0.352. The number of alkyl halides is 1. The maximum Gasteiger partial charge on any atom is 0.220 e. The monoisotopic (exact) mass is 384 g/mol. The highest BCUT2D eigenvalue weighted by Crippen LogP contribution is 2.24. The normalized spacial score (nSPS) is 11.0. The van der Waals surface area contributed by atoms with Gasteiger partial charge < -0.3 is 10.6 Å². The van der Waals surface area contributed by atoms with Crippen LogP contribution in [0.15, 0.2) is 11.4 Å². The number of halogens is 1. The summed E-state index contributed by atoms with van der Waals surface area (Å²) < 4.78 is 1.82. The maximum absolute atomic E-state index is 11.7. The van der Waals surface area contributed by atoms with E-state index >= 15 is 0 Å². The van der Waals surface area contributed by atoms with Crippen molar-refractivity contribution < 1.29 is 4.79 Å². The molecule has 1 amide bonds. The van der Waals surface area contributed by atoms with Crippen LogP contribution in [-0.4, -0.2) is 50.4 Å². The van der Waals surface area contributed by atoms with E-state index < -0.39 is 0 Å². The molecule has 0 spiro atoms. The fourth-order valence-electron chi connectivity index (χ4n) is 2.29. The molecule has 0 fully saturated rings. The predicted octanol–water partition coefficient (Wildman–Crippen LogP) is 2.90. The number of amides is 1. The summed E-state index contributed by atoms with van der Waals surface area (Å²) in [5.74, 6) is 2.24. The van der Waals surface area contributed by atoms with Crippen LogP contribution in [0.1, 0.15) is 33.1 Å². The molecule has 2 aromatic heterocycles. The van der Waals surface area contributed by atoms with E-state index in [1.165, 1.54) is 0 Å². The number of carbonyl (C=O) groups excluding carboxylic acids is 1. The van der Waals surface area contributed by atoms with Crippen molar-refractivity contribution in [2.45, 2.75) is 44.8 Å². The van der Waals surface area contributed by atoms with Gasteiger partial charge in [0, 0.05) is 25.4 Å². The SMILES string of the molecule is CCCNc1nc(SCC)nc2c1cnn2CCNC(=O)CCCCl. The Morgan fingerprint density at radius 1 is 1.32 bits per heavy atom. The number of hydrogen-bond donors (Lipinski definition) is 2. The molecule has 0 radical (unpaired) electrons. The number of hydrogen-bond acceptors (Lipinski definition) is 6. The van der Waals surface area contributed by atoms with Crippen molar-refractivity contribution in [2.24, 2.45) is 0 Å². The zero-order chi connectivity index (χ0) is 18.1. The van der Waals surface area contributed by atoms with Gasteiger partial charge in [0.2, 0.25) is 5.91 Å². The van der Waals surface area contributed by atoms with Crippen LogP contribution >= 0.6 is 23.4 Å². The molecule has 2 rings (SSSR count). The van der Waals surface area contributed by atoms with Gasteiger partial charge in [-0.05, 0) is 18.6 Å². The van der Waals surface area contributed by atoms with Crippen LogP contribution < -0.4 is 10.6 Å². The number of fused-ring (bicyclic) bond motifs is 1. The van der Waals surface area contributed by atoms with E-state index in [0.29, 0.717) is 31.8 Å². The lowest BCUT2D eigenvalue weighted by molar-refractivity contribution is -0.121. The number of nitrogens with zero attached hydrogens (tertiary/aromatic N) is 4. The minimum Gasteiger partial charge on any atom is -0.369 e. The Hall–Kier alpha value is -1.54. The highest BCUT2D eigenvalue weighted by Gasteiger charge is 2.13. The zero-order valence-electron chi connectivity index (χ0n) is 14.7. The van der Waals surface area contributed by atoms with Gasteiger partial charge in [0.25, 0.3) is 0 Å². The fraction of sp³-hybridized carbons (Fsp3) is 0.625. The van der Waals surface area contributed by atoms with Crippen LogP contribution in [0.5, 0.6) is 0 Å². The molecule has 2 aromatic rings. The summed E-state index contributed by atoms with van der Waals surface area (Å²) in [5, 5.41) is 12.3. The summed E-state index contributed by atoms with van der Waals surface area (Å²) in [4.78, 5) is 20.9. The number of nitrogens with one attached hydrogen (secondary N) is 2. The Balaban J connectivity index is 2.11. The smallest absolute Gasteiger partial charge is 0.220 e. The number of anilines is 1. The standard InChI is InChI=1S/C16H25ClN6OS/c1-3-8-19-14-12-11-20-23(10-9-18-13(24)6-5-7-17)15(12)22-16(21-14)25-4-2/h11H,3-10H2,1-2H3,(H,18,24)(H,19,21,22). The van der Waals surface area contributed by atoms with Gasteiger partial charge in [-0.15, -0.1) is 11.6 Å².